The van der Waals surface area contributed by atoms with Gasteiger partial charge in [-0.2, -0.15) is 0 Å². The zero-order chi connectivity index (χ0) is 15.6. The van der Waals surface area contributed by atoms with Crippen molar-refractivity contribution in [2.24, 2.45) is 0 Å². The van der Waals surface area contributed by atoms with E-state index in [0.29, 0.717) is 23.4 Å². The van der Waals surface area contributed by atoms with E-state index in [9.17, 15) is 13.2 Å². The molecule has 1 unspecified atom stereocenters. The summed E-state index contributed by atoms with van der Waals surface area (Å²) in [4.78, 5) is 0. The maximum absolute atomic E-state index is 14.0. The second-order valence-electron chi connectivity index (χ2n) is 4.39. The van der Waals surface area contributed by atoms with E-state index >= 15 is 0 Å². The zero-order valence-electron chi connectivity index (χ0n) is 11.4. The van der Waals surface area contributed by atoms with Gasteiger partial charge in [-0.1, -0.05) is 15.9 Å². The molecule has 0 bridgehead atoms. The molecule has 0 saturated heterocycles. The second-order valence-corrected chi connectivity index (χ2v) is 5.31. The Morgan fingerprint density at radius 1 is 1.10 bits per heavy atom. The monoisotopic (exact) mass is 359 g/mol. The van der Waals surface area contributed by atoms with Crippen molar-refractivity contribution in [2.45, 2.75) is 6.04 Å². The number of halogens is 4. The molecule has 1 atom stereocenters. The third kappa shape index (κ3) is 3.22. The molecule has 0 aliphatic heterocycles. The van der Waals surface area contributed by atoms with Gasteiger partial charge in [0.15, 0.2) is 0 Å². The SMILES string of the molecule is CNC(c1cc(Br)ccc1OC)c1c(F)cc(F)cc1F. The maximum atomic E-state index is 14.0. The number of hydrogen-bond acceptors (Lipinski definition) is 2. The van der Waals surface area contributed by atoms with E-state index in [2.05, 4.69) is 21.2 Å². The molecule has 1 N–H and O–H groups in total. The highest BCUT2D eigenvalue weighted by Gasteiger charge is 2.24. The van der Waals surface area contributed by atoms with E-state index in [1.165, 1.54) is 7.11 Å². The average molecular weight is 360 g/mol. The molecule has 0 amide bonds. The van der Waals surface area contributed by atoms with E-state index in [0.717, 1.165) is 4.47 Å². The number of benzene rings is 2. The van der Waals surface area contributed by atoms with Gasteiger partial charge in [-0.25, -0.2) is 13.2 Å². The Kier molecular flexibility index (Phi) is 4.90. The number of hydrogen-bond donors (Lipinski definition) is 1. The van der Waals surface area contributed by atoms with Gasteiger partial charge in [-0.3, -0.25) is 0 Å². The number of nitrogens with one attached hydrogen (secondary N) is 1. The Morgan fingerprint density at radius 3 is 2.24 bits per heavy atom. The lowest BCUT2D eigenvalue weighted by Gasteiger charge is -2.21. The van der Waals surface area contributed by atoms with Crippen LogP contribution in [0.2, 0.25) is 0 Å². The lowest BCUT2D eigenvalue weighted by Crippen LogP contribution is -2.21. The Hall–Kier alpha value is -1.53. The molecule has 2 aromatic carbocycles. The maximum Gasteiger partial charge on any atom is 0.134 e. The van der Waals surface area contributed by atoms with E-state index in [4.69, 9.17) is 4.74 Å². The van der Waals surface area contributed by atoms with Crippen LogP contribution in [0.3, 0.4) is 0 Å². The molecule has 0 heterocycles. The molecular formula is C15H13BrF3NO. The number of methoxy groups -OCH3 is 1. The van der Waals surface area contributed by atoms with Gasteiger partial charge in [0.25, 0.3) is 0 Å². The van der Waals surface area contributed by atoms with E-state index < -0.39 is 23.5 Å². The third-order valence-electron chi connectivity index (χ3n) is 3.12. The third-order valence-corrected chi connectivity index (χ3v) is 3.62. The molecule has 21 heavy (non-hydrogen) atoms. The summed E-state index contributed by atoms with van der Waals surface area (Å²) in [7, 11) is 3.03. The van der Waals surface area contributed by atoms with Crippen molar-refractivity contribution >= 4 is 15.9 Å². The molecule has 112 valence electrons. The fraction of sp³-hybridized carbons (Fsp3) is 0.200. The minimum Gasteiger partial charge on any atom is -0.496 e. The molecule has 0 aliphatic carbocycles. The molecule has 6 heteroatoms. The smallest absolute Gasteiger partial charge is 0.134 e. The highest BCUT2D eigenvalue weighted by Crippen LogP contribution is 2.34. The average Bonchev–Trinajstić information content (AvgIpc) is 2.42. The van der Waals surface area contributed by atoms with Gasteiger partial charge in [-0.05, 0) is 25.2 Å². The van der Waals surface area contributed by atoms with Crippen LogP contribution in [-0.2, 0) is 0 Å². The van der Waals surface area contributed by atoms with Crippen molar-refractivity contribution in [1.29, 1.82) is 0 Å². The van der Waals surface area contributed by atoms with E-state index in [1.54, 1.807) is 25.2 Å². The lowest BCUT2D eigenvalue weighted by molar-refractivity contribution is 0.403. The van der Waals surface area contributed by atoms with Gasteiger partial charge in [0, 0.05) is 27.7 Å². The number of rotatable bonds is 4. The van der Waals surface area contributed by atoms with Crippen LogP contribution in [0.5, 0.6) is 5.75 Å². The minimum absolute atomic E-state index is 0.254. The standard InChI is InChI=1S/C15H13BrF3NO/c1-20-15(10-5-8(16)3-4-13(10)21-2)14-11(18)6-9(17)7-12(14)19/h3-7,15,20H,1-2H3. The molecule has 0 fully saturated rings. The lowest BCUT2D eigenvalue weighted by atomic mass is 9.97. The first-order valence-electron chi connectivity index (χ1n) is 6.13. The fourth-order valence-electron chi connectivity index (χ4n) is 2.22. The first-order chi connectivity index (χ1) is 9.97. The quantitative estimate of drug-likeness (QED) is 0.883. The normalized spacial score (nSPS) is 12.3. The van der Waals surface area contributed by atoms with Crippen molar-refractivity contribution in [3.63, 3.8) is 0 Å². The Morgan fingerprint density at radius 2 is 1.71 bits per heavy atom. The predicted octanol–water partition coefficient (Wildman–Crippen LogP) is 4.18. The topological polar surface area (TPSA) is 21.3 Å². The summed E-state index contributed by atoms with van der Waals surface area (Å²) in [5.74, 6) is -2.38. The molecule has 2 rings (SSSR count). The summed E-state index contributed by atoms with van der Waals surface area (Å²) in [5.41, 5.74) is 0.286. The summed E-state index contributed by atoms with van der Waals surface area (Å²) >= 11 is 3.31. The molecule has 2 nitrogen and oxygen atoms in total. The van der Waals surface area contributed by atoms with Gasteiger partial charge in [0.05, 0.1) is 13.2 Å². The van der Waals surface area contributed by atoms with E-state index in [1.807, 2.05) is 0 Å². The predicted molar refractivity (Wildman–Crippen MR) is 77.9 cm³/mol. The molecular weight excluding hydrogens is 347 g/mol. The van der Waals surface area contributed by atoms with Crippen molar-refractivity contribution in [3.05, 3.63) is 63.4 Å². The molecule has 0 aliphatic rings. The van der Waals surface area contributed by atoms with Gasteiger partial charge in [-0.15, -0.1) is 0 Å². The minimum atomic E-state index is -0.954. The Bertz CT molecular complexity index is 640. The first-order valence-corrected chi connectivity index (χ1v) is 6.92. The van der Waals surface area contributed by atoms with Crippen LogP contribution in [0.4, 0.5) is 13.2 Å². The Labute approximate surface area is 129 Å². The van der Waals surface area contributed by atoms with Crippen molar-refractivity contribution < 1.29 is 17.9 Å². The Balaban J connectivity index is 2.63. The van der Waals surface area contributed by atoms with Crippen LogP contribution in [0.15, 0.2) is 34.8 Å². The summed E-state index contributed by atoms with van der Waals surface area (Å²) in [6, 6.07) is 5.65. The summed E-state index contributed by atoms with van der Waals surface area (Å²) in [5, 5.41) is 2.83. The molecule has 0 radical (unpaired) electrons. The van der Waals surface area contributed by atoms with Gasteiger partial charge in [0.2, 0.25) is 0 Å². The molecule has 0 saturated carbocycles. The second kappa shape index (κ2) is 6.49. The van der Waals surface area contributed by atoms with Gasteiger partial charge >= 0.3 is 0 Å². The van der Waals surface area contributed by atoms with Gasteiger partial charge in [0.1, 0.15) is 23.2 Å². The van der Waals surface area contributed by atoms with Crippen LogP contribution in [0.1, 0.15) is 17.2 Å². The summed E-state index contributed by atoms with van der Waals surface area (Å²) in [6.07, 6.45) is 0. The molecule has 0 aromatic heterocycles. The highest BCUT2D eigenvalue weighted by atomic mass is 79.9. The zero-order valence-corrected chi connectivity index (χ0v) is 13.0. The van der Waals surface area contributed by atoms with Crippen molar-refractivity contribution in [3.8, 4) is 5.75 Å². The van der Waals surface area contributed by atoms with E-state index in [-0.39, 0.29) is 5.56 Å². The largest absolute Gasteiger partial charge is 0.496 e. The van der Waals surface area contributed by atoms with Crippen LogP contribution in [0, 0.1) is 17.5 Å². The summed E-state index contributed by atoms with van der Waals surface area (Å²) in [6.45, 7) is 0. The van der Waals surface area contributed by atoms with Crippen LogP contribution in [-0.4, -0.2) is 14.2 Å². The van der Waals surface area contributed by atoms with Gasteiger partial charge < -0.3 is 10.1 Å². The van der Waals surface area contributed by atoms with Crippen LogP contribution >= 0.6 is 15.9 Å². The fourth-order valence-corrected chi connectivity index (χ4v) is 2.59. The van der Waals surface area contributed by atoms with Crippen molar-refractivity contribution in [2.75, 3.05) is 14.2 Å². The molecule has 2 aromatic rings. The highest BCUT2D eigenvalue weighted by molar-refractivity contribution is 9.10. The molecule has 0 spiro atoms. The van der Waals surface area contributed by atoms with Crippen molar-refractivity contribution in [1.82, 2.24) is 5.32 Å². The number of ether oxygens (including phenoxy) is 1. The van der Waals surface area contributed by atoms with Crippen LogP contribution < -0.4 is 10.1 Å². The first kappa shape index (κ1) is 15.9. The summed E-state index contributed by atoms with van der Waals surface area (Å²) < 4.78 is 47.0. The van der Waals surface area contributed by atoms with Crippen LogP contribution in [0.25, 0.3) is 0 Å².